The highest BCUT2D eigenvalue weighted by atomic mass is 16.6. The zero-order valence-corrected chi connectivity index (χ0v) is 76.8. The number of carbonyl (C=O) groups excluding carboxylic acids is 6. The van der Waals surface area contributed by atoms with Crippen LogP contribution in [-0.4, -0.2) is 288 Å². The van der Waals surface area contributed by atoms with E-state index in [0.717, 1.165) is 28.7 Å². The van der Waals surface area contributed by atoms with Crippen LogP contribution in [-0.2, 0) is 119 Å². The molecule has 4 aliphatic heterocycles. The maximum Gasteiger partial charge on any atom is 0.329 e. The number of aromatic nitrogens is 5. The van der Waals surface area contributed by atoms with Crippen LogP contribution in [0.15, 0.2) is 94.7 Å². The van der Waals surface area contributed by atoms with Gasteiger partial charge in [0.2, 0.25) is 11.7 Å². The summed E-state index contributed by atoms with van der Waals surface area (Å²) in [5.74, 6) is -7.26. The second-order valence-corrected chi connectivity index (χ2v) is 34.6. The van der Waals surface area contributed by atoms with Crippen LogP contribution in [0.4, 0.5) is 11.8 Å². The molecule has 10 rings (SSSR count). The Morgan fingerprint density at radius 1 is 0.672 bits per heavy atom. The Bertz CT molecular complexity index is 4480. The number of methoxy groups -OCH3 is 4. The molecule has 16 atom stereocenters. The highest BCUT2D eigenvalue weighted by molar-refractivity contribution is 6.39. The molecular weight excluding hydrogens is 1650 g/mol. The van der Waals surface area contributed by atoms with Crippen LogP contribution in [0.1, 0.15) is 161 Å². The molecule has 2 amide bonds. The van der Waals surface area contributed by atoms with E-state index in [2.05, 4.69) is 33.2 Å². The molecular formula is C95H139N9O24. The Morgan fingerprint density at radius 2 is 1.34 bits per heavy atom. The number of rotatable bonds is 39. The Labute approximate surface area is 752 Å². The number of benzene rings is 2. The van der Waals surface area contributed by atoms with E-state index in [1.807, 2.05) is 92.8 Å². The van der Waals surface area contributed by atoms with Gasteiger partial charge in [0.1, 0.15) is 53.8 Å². The van der Waals surface area contributed by atoms with Gasteiger partial charge < -0.3 is 107 Å². The topological polar surface area (TPSA) is 409 Å². The summed E-state index contributed by atoms with van der Waals surface area (Å²) in [7, 11) is 6.18. The van der Waals surface area contributed by atoms with Crippen LogP contribution < -0.4 is 11.5 Å². The van der Waals surface area contributed by atoms with Crippen LogP contribution in [0.2, 0.25) is 0 Å². The van der Waals surface area contributed by atoms with Crippen molar-refractivity contribution in [3.8, 4) is 11.3 Å². The summed E-state index contributed by atoms with van der Waals surface area (Å²) >= 11 is 0. The quantitative estimate of drug-likeness (QED) is 0.0123. The fourth-order valence-corrected chi connectivity index (χ4v) is 17.7. The van der Waals surface area contributed by atoms with Gasteiger partial charge in [-0.1, -0.05) is 89.3 Å². The van der Waals surface area contributed by atoms with E-state index >= 15 is 0 Å². The van der Waals surface area contributed by atoms with Crippen molar-refractivity contribution in [2.45, 2.75) is 225 Å². The number of ether oxygens (including phenoxy) is 15. The molecule has 33 heteroatoms. The summed E-state index contributed by atoms with van der Waals surface area (Å²) in [6, 6.07) is 10.8. The molecule has 2 aromatic carbocycles. The molecule has 0 spiro atoms. The van der Waals surface area contributed by atoms with Crippen molar-refractivity contribution in [1.29, 1.82) is 0 Å². The fourth-order valence-electron chi connectivity index (χ4n) is 17.7. The number of anilines is 2. The third kappa shape index (κ3) is 29.6. The summed E-state index contributed by atoms with van der Waals surface area (Å²) < 4.78 is 95.3. The number of allylic oxidation sites excluding steroid dienone is 5. The third-order valence-corrected chi connectivity index (χ3v) is 25.1. The number of oxazole rings is 1. The number of Topliss-reactive ketones (excluding diaryl/α,β-unsaturated/α-hetero) is 2. The normalized spacial score (nSPS) is 27.5. The maximum absolute atomic E-state index is 14.9. The number of hydrogen-bond acceptors (Lipinski definition) is 30. The minimum absolute atomic E-state index is 0.0106. The van der Waals surface area contributed by atoms with Gasteiger partial charge in [-0.25, -0.2) is 19.4 Å². The van der Waals surface area contributed by atoms with Gasteiger partial charge in [-0.3, -0.25) is 24.0 Å². The average molecular weight is 1790 g/mol. The van der Waals surface area contributed by atoms with Crippen molar-refractivity contribution in [3.05, 3.63) is 107 Å². The summed E-state index contributed by atoms with van der Waals surface area (Å²) in [4.78, 5) is 101. The number of hydrogen-bond donors (Lipinski definition) is 4. The van der Waals surface area contributed by atoms with Crippen molar-refractivity contribution in [1.82, 2.24) is 34.5 Å². The molecule has 3 fully saturated rings. The standard InChI is InChI=1S/C95H139N9O24/c1-61-18-13-12-14-19-62(2)78(113-8)56-73-27-22-67(7)95(112,128-73)89(109)92(110)103-32-16-15-20-75(103)93(111)126-80(57-79(114-9)63(3)51-66(6)87(108)88(116-11)86(107)65(5)50-61)64(4)52-68-24-28-77(81(54-68)115-10)125-83(106)21-17-34-117-36-38-119-40-42-121-44-46-123-48-49-124-47-45-122-43-41-120-39-37-118-35-31-82(105)102-33-30-70-53-69(23-25-72(70)59-102)58-104-91-84(90(96)98-60-99-91)85(101-104)71-26-29-76-74(55-71)100-94(97)127-76/h12-14,18-19,23,25-26,29,51,53,55,60-61,63-65,67-68,73,75,77-81,87-88,108,112H,15-17,20-22,24,27-28,30-50,52,54,56-59H2,1-11H3,(H2,97,100)(H2,96,98,99)/b14-12+,18-13+,62-19+,66-51+/t61-,63-,64-,65-,67-,68+,73+,75+,77-,78+,79-,80+,81-,87-,88+,95-/m1/s1. The molecule has 33 nitrogen and oxygen atoms in total. The number of piperidine rings is 1. The largest absolute Gasteiger partial charge is 0.460 e. The van der Waals surface area contributed by atoms with Crippen LogP contribution >= 0.6 is 0 Å². The lowest BCUT2D eigenvalue weighted by Crippen LogP contribution is -2.61. The molecule has 128 heavy (non-hydrogen) atoms. The van der Waals surface area contributed by atoms with Crippen LogP contribution in [0.3, 0.4) is 0 Å². The SMILES string of the molecule is CO[C@H]1C[C@@H]2CC[C@@H](C)[C@@](O)(O2)C(=O)C(=O)N2CCCC[C@H]2C(=O)O[C@H]([C@H](C)C[C@@H]2CC[C@@H](OC(=O)CCCOCCOCCOCCOCCOCCOCCOCCOCCC(=O)N3CCc4cc(Cn5nc(-c6ccc7oc(N)nc7c6)c6c(N)ncnc65)ccc4C3)[C@H](OC)C2)C[C@@H](OC)[C@H](C)/C=C(\C)[C@@H](O)[C@@H](OC)C(=O)[C@H](C)C[C@H](C)/C=C/C=C/C=C/1C. The van der Waals surface area contributed by atoms with E-state index < -0.39 is 90.2 Å². The van der Waals surface area contributed by atoms with Crippen LogP contribution in [0.25, 0.3) is 33.4 Å². The van der Waals surface area contributed by atoms with E-state index in [0.29, 0.717) is 235 Å². The first kappa shape index (κ1) is 102. The zero-order chi connectivity index (χ0) is 91.7. The Balaban J connectivity index is 0.557. The maximum atomic E-state index is 14.9. The number of aliphatic hydroxyl groups excluding tert-OH is 1. The van der Waals surface area contributed by atoms with Crippen molar-refractivity contribution < 1.29 is 114 Å². The first-order chi connectivity index (χ1) is 61.8. The predicted molar refractivity (Wildman–Crippen MR) is 477 cm³/mol. The predicted octanol–water partition coefficient (Wildman–Crippen LogP) is 10.2. The van der Waals surface area contributed by atoms with Crippen molar-refractivity contribution >= 4 is 69.3 Å². The average Bonchev–Trinajstić information content (AvgIpc) is 1.56. The van der Waals surface area contributed by atoms with E-state index in [-0.39, 0.29) is 79.6 Å². The molecule has 1 aliphatic carbocycles. The summed E-state index contributed by atoms with van der Waals surface area (Å²) in [6.07, 6.45) is 14.5. The summed E-state index contributed by atoms with van der Waals surface area (Å²) in [5, 5.41) is 29.6. The monoisotopic (exact) mass is 1790 g/mol. The van der Waals surface area contributed by atoms with Crippen LogP contribution in [0, 0.1) is 35.5 Å². The molecule has 6 N–H and O–H groups in total. The lowest BCUT2D eigenvalue weighted by Gasteiger charge is -2.43. The number of nitrogen functional groups attached to an aromatic ring is 2. The molecule has 708 valence electrons. The Hall–Kier alpha value is -8.36. The molecule has 7 heterocycles. The van der Waals surface area contributed by atoms with Crippen LogP contribution in [0.5, 0.6) is 0 Å². The zero-order valence-electron chi connectivity index (χ0n) is 76.8. The van der Waals surface area contributed by atoms with E-state index in [9.17, 15) is 39.0 Å². The Kier molecular flexibility index (Phi) is 41.4. The second-order valence-electron chi connectivity index (χ2n) is 34.6. The summed E-state index contributed by atoms with van der Waals surface area (Å²) in [6.45, 7) is 21.0. The minimum Gasteiger partial charge on any atom is -0.460 e. The molecule has 2 bridgehead atoms. The molecule has 2 saturated heterocycles. The number of carbonyl (C=O) groups is 6. The molecule has 0 unspecified atom stereocenters. The minimum atomic E-state index is -2.45. The first-order valence-electron chi connectivity index (χ1n) is 45.6. The van der Waals surface area contributed by atoms with Crippen molar-refractivity contribution in [2.24, 2.45) is 35.5 Å². The number of nitrogens with two attached hydrogens (primary N) is 2. The van der Waals surface area contributed by atoms with Gasteiger partial charge >= 0.3 is 11.9 Å². The second kappa shape index (κ2) is 52.0. The highest BCUT2D eigenvalue weighted by Gasteiger charge is 2.53. The Morgan fingerprint density at radius 3 is 2.01 bits per heavy atom. The summed E-state index contributed by atoms with van der Waals surface area (Å²) in [5.41, 5.74) is 20.1. The van der Waals surface area contributed by atoms with Crippen molar-refractivity contribution in [2.75, 3.05) is 159 Å². The number of fused-ring (bicyclic) bond motifs is 6. The van der Waals surface area contributed by atoms with Crippen molar-refractivity contribution in [3.63, 3.8) is 0 Å². The molecule has 1 saturated carbocycles. The molecule has 3 aromatic heterocycles. The van der Waals surface area contributed by atoms with Gasteiger partial charge in [-0.05, 0) is 155 Å². The number of nitrogens with zero attached hydrogens (tertiary/aromatic N) is 7. The number of aliphatic hydroxyl groups is 2. The van der Waals surface area contributed by atoms with E-state index in [4.69, 9.17) is 92.0 Å². The van der Waals surface area contributed by atoms with E-state index in [1.165, 1.54) is 23.9 Å². The fraction of sp³-hybridized carbons (Fsp3) is 0.663. The van der Waals surface area contributed by atoms with E-state index in [1.54, 1.807) is 41.2 Å². The number of esters is 2. The lowest BCUT2D eigenvalue weighted by atomic mass is 9.78. The lowest BCUT2D eigenvalue weighted by molar-refractivity contribution is -0.265. The number of cyclic esters (lactones) is 1. The van der Waals surface area contributed by atoms with Gasteiger partial charge in [0.25, 0.3) is 17.7 Å². The molecule has 5 aliphatic rings. The van der Waals surface area contributed by atoms with Gasteiger partial charge in [-0.15, -0.1) is 0 Å². The van der Waals surface area contributed by atoms with Gasteiger partial charge in [0.15, 0.2) is 17.0 Å². The first-order valence-corrected chi connectivity index (χ1v) is 45.6. The molecule has 5 aromatic rings. The van der Waals surface area contributed by atoms with Gasteiger partial charge in [0.05, 0.1) is 142 Å². The third-order valence-electron chi connectivity index (χ3n) is 25.1. The van der Waals surface area contributed by atoms with Gasteiger partial charge in [-0.2, -0.15) is 10.1 Å². The molecule has 0 radical (unpaired) electrons. The smallest absolute Gasteiger partial charge is 0.329 e. The highest BCUT2D eigenvalue weighted by Crippen LogP contribution is 2.40. The van der Waals surface area contributed by atoms with Gasteiger partial charge in [0, 0.05) is 97.3 Å². The number of amides is 2. The number of ketones is 2.